The molecule has 2 heterocycles. The lowest BCUT2D eigenvalue weighted by Gasteiger charge is -2.23. The summed E-state index contributed by atoms with van der Waals surface area (Å²) in [6.45, 7) is -0.182. The topological polar surface area (TPSA) is 88.7 Å². The molecule has 0 aliphatic carbocycles. The van der Waals surface area contributed by atoms with Crippen LogP contribution < -0.4 is 19.7 Å². The first-order valence-electron chi connectivity index (χ1n) is 12.1. The number of benzene rings is 3. The van der Waals surface area contributed by atoms with Crippen molar-refractivity contribution in [1.29, 1.82) is 0 Å². The van der Waals surface area contributed by atoms with Gasteiger partial charge in [0.15, 0.2) is 0 Å². The van der Waals surface area contributed by atoms with E-state index in [4.69, 9.17) is 14.2 Å². The van der Waals surface area contributed by atoms with Gasteiger partial charge in [0, 0.05) is 30.9 Å². The number of fused-ring (bicyclic) bond motifs is 1. The Morgan fingerprint density at radius 1 is 0.927 bits per heavy atom. The van der Waals surface area contributed by atoms with Crippen LogP contribution in [0.15, 0.2) is 91.3 Å². The first-order valence-corrected chi connectivity index (χ1v) is 12.1. The van der Waals surface area contributed by atoms with Crippen LogP contribution >= 0.6 is 0 Å². The van der Waals surface area contributed by atoms with E-state index in [9.17, 15) is 22.4 Å². The molecule has 0 bridgehead atoms. The van der Waals surface area contributed by atoms with E-state index in [0.717, 1.165) is 29.7 Å². The number of carbonyl (C=O) groups excluding carboxylic acids is 1. The fourth-order valence-corrected chi connectivity index (χ4v) is 3.96. The summed E-state index contributed by atoms with van der Waals surface area (Å²) in [7, 11) is 1.38. The average molecular weight is 567 g/mol. The molecule has 0 saturated carbocycles. The summed E-state index contributed by atoms with van der Waals surface area (Å²) in [4.78, 5) is 21.5. The SMILES string of the molecule is COCN(C(=O)Nc1ccc(Oc2ccc(F)cc2)c(C(F)(F)F)c1)c1ccc(Oc2ccnc3[nH]ccc23)cc1. The molecule has 0 aliphatic rings. The average Bonchev–Trinajstić information content (AvgIpc) is 3.44. The molecular formula is C29H22F4N4O4. The predicted molar refractivity (Wildman–Crippen MR) is 144 cm³/mol. The second kappa shape index (κ2) is 11.6. The van der Waals surface area contributed by atoms with Crippen LogP contribution in [-0.4, -0.2) is 29.8 Å². The number of pyridine rings is 1. The number of ether oxygens (including phenoxy) is 3. The monoisotopic (exact) mass is 566 g/mol. The highest BCUT2D eigenvalue weighted by Crippen LogP contribution is 2.40. The summed E-state index contributed by atoms with van der Waals surface area (Å²) in [6, 6.07) is 17.0. The smallest absolute Gasteiger partial charge is 0.420 e. The molecule has 0 unspecified atom stereocenters. The number of hydrogen-bond acceptors (Lipinski definition) is 5. The van der Waals surface area contributed by atoms with Crippen LogP contribution in [0.4, 0.5) is 33.7 Å². The highest BCUT2D eigenvalue weighted by atomic mass is 19.4. The molecule has 0 fully saturated rings. The zero-order valence-corrected chi connectivity index (χ0v) is 21.4. The van der Waals surface area contributed by atoms with Gasteiger partial charge in [0.25, 0.3) is 0 Å². The van der Waals surface area contributed by atoms with E-state index in [1.165, 1.54) is 30.2 Å². The van der Waals surface area contributed by atoms with Gasteiger partial charge in [-0.2, -0.15) is 13.2 Å². The number of rotatable bonds is 8. The van der Waals surface area contributed by atoms with Crippen LogP contribution in [0.2, 0.25) is 0 Å². The van der Waals surface area contributed by atoms with Crippen molar-refractivity contribution in [3.63, 3.8) is 0 Å². The Labute approximate surface area is 231 Å². The highest BCUT2D eigenvalue weighted by molar-refractivity contribution is 6.01. The lowest BCUT2D eigenvalue weighted by Crippen LogP contribution is -2.36. The normalized spacial score (nSPS) is 11.3. The molecule has 8 nitrogen and oxygen atoms in total. The number of carbonyl (C=O) groups is 1. The molecule has 2 aromatic heterocycles. The van der Waals surface area contributed by atoms with Gasteiger partial charge < -0.3 is 24.5 Å². The summed E-state index contributed by atoms with van der Waals surface area (Å²) < 4.78 is 71.1. The van der Waals surface area contributed by atoms with Crippen molar-refractivity contribution in [2.75, 3.05) is 24.1 Å². The molecule has 2 amide bonds. The van der Waals surface area contributed by atoms with Gasteiger partial charge in [0.1, 0.15) is 46.8 Å². The van der Waals surface area contributed by atoms with Gasteiger partial charge in [0.05, 0.1) is 5.39 Å². The summed E-state index contributed by atoms with van der Waals surface area (Å²) >= 11 is 0. The number of nitrogens with zero attached hydrogens (tertiary/aromatic N) is 2. The summed E-state index contributed by atoms with van der Waals surface area (Å²) in [5.41, 5.74) is -0.161. The van der Waals surface area contributed by atoms with Gasteiger partial charge >= 0.3 is 12.2 Å². The zero-order valence-electron chi connectivity index (χ0n) is 21.4. The number of alkyl halides is 3. The summed E-state index contributed by atoms with van der Waals surface area (Å²) in [5, 5.41) is 3.26. The third-order valence-corrected chi connectivity index (χ3v) is 5.88. The van der Waals surface area contributed by atoms with E-state index >= 15 is 0 Å². The largest absolute Gasteiger partial charge is 0.457 e. The number of aromatic nitrogens is 2. The van der Waals surface area contributed by atoms with Crippen molar-refractivity contribution in [2.45, 2.75) is 6.18 Å². The first-order chi connectivity index (χ1) is 19.7. The third kappa shape index (κ3) is 6.39. The van der Waals surface area contributed by atoms with E-state index < -0.39 is 29.3 Å². The maximum atomic E-state index is 13.8. The van der Waals surface area contributed by atoms with Gasteiger partial charge in [-0.15, -0.1) is 0 Å². The Kier molecular flexibility index (Phi) is 7.74. The molecule has 0 radical (unpaired) electrons. The minimum absolute atomic E-state index is 0.0221. The number of anilines is 2. The van der Waals surface area contributed by atoms with Crippen LogP contribution in [-0.2, 0) is 10.9 Å². The number of halogens is 4. The standard InChI is InChI=1S/C29H22F4N4O4/c1-39-17-37(20-5-9-22(10-6-20)40-25-13-15-35-27-23(25)12-14-34-27)28(38)36-19-4-11-26(24(16-19)29(31,32)33)41-21-7-2-18(30)3-8-21/h2-16H,17H2,1H3,(H,34,35)(H,36,38). The molecule has 2 N–H and O–H groups in total. The van der Waals surface area contributed by atoms with Gasteiger partial charge in [-0.3, -0.25) is 4.90 Å². The van der Waals surface area contributed by atoms with Crippen molar-refractivity contribution >= 4 is 28.4 Å². The van der Waals surface area contributed by atoms with E-state index in [0.29, 0.717) is 22.8 Å². The Balaban J connectivity index is 1.33. The zero-order chi connectivity index (χ0) is 29.0. The number of urea groups is 1. The van der Waals surface area contributed by atoms with Gasteiger partial charge in [-0.05, 0) is 78.9 Å². The number of methoxy groups -OCH3 is 1. The van der Waals surface area contributed by atoms with Crippen LogP contribution in [0.3, 0.4) is 0 Å². The lowest BCUT2D eigenvalue weighted by atomic mass is 10.1. The Bertz CT molecular complexity index is 1650. The van der Waals surface area contributed by atoms with Crippen LogP contribution in [0.5, 0.6) is 23.0 Å². The van der Waals surface area contributed by atoms with E-state index in [-0.39, 0.29) is 18.2 Å². The fraction of sp³-hybridized carbons (Fsp3) is 0.103. The van der Waals surface area contributed by atoms with Crippen molar-refractivity contribution in [2.24, 2.45) is 0 Å². The highest BCUT2D eigenvalue weighted by Gasteiger charge is 2.35. The molecule has 0 saturated heterocycles. The quantitative estimate of drug-likeness (QED) is 0.147. The maximum absolute atomic E-state index is 13.8. The first kappa shape index (κ1) is 27.5. The predicted octanol–water partition coefficient (Wildman–Crippen LogP) is 7.95. The number of hydrogen-bond donors (Lipinski definition) is 2. The maximum Gasteiger partial charge on any atom is 0.420 e. The lowest BCUT2D eigenvalue weighted by molar-refractivity contribution is -0.138. The summed E-state index contributed by atoms with van der Waals surface area (Å²) in [5.74, 6) is 0.0436. The van der Waals surface area contributed by atoms with Crippen LogP contribution in [0.25, 0.3) is 11.0 Å². The Hall–Kier alpha value is -5.10. The second-order valence-electron chi connectivity index (χ2n) is 8.69. The van der Waals surface area contributed by atoms with Crippen molar-refractivity contribution < 1.29 is 36.6 Å². The van der Waals surface area contributed by atoms with E-state index in [2.05, 4.69) is 15.3 Å². The molecule has 5 rings (SSSR count). The van der Waals surface area contributed by atoms with Gasteiger partial charge in [0.2, 0.25) is 0 Å². The molecule has 0 atom stereocenters. The molecule has 5 aromatic rings. The van der Waals surface area contributed by atoms with Crippen molar-refractivity contribution in [3.8, 4) is 23.0 Å². The van der Waals surface area contributed by atoms with Crippen LogP contribution in [0, 0.1) is 5.82 Å². The minimum atomic E-state index is -4.79. The molecule has 41 heavy (non-hydrogen) atoms. The fourth-order valence-electron chi connectivity index (χ4n) is 3.96. The second-order valence-corrected chi connectivity index (χ2v) is 8.69. The van der Waals surface area contributed by atoms with Crippen molar-refractivity contribution in [3.05, 3.63) is 103 Å². The minimum Gasteiger partial charge on any atom is -0.457 e. The molecule has 0 aliphatic heterocycles. The molecule has 210 valence electrons. The molecular weight excluding hydrogens is 544 g/mol. The van der Waals surface area contributed by atoms with E-state index in [1.807, 2.05) is 6.07 Å². The molecule has 12 heteroatoms. The number of H-pyrrole nitrogens is 1. The van der Waals surface area contributed by atoms with Gasteiger partial charge in [-0.1, -0.05) is 0 Å². The van der Waals surface area contributed by atoms with Gasteiger partial charge in [-0.25, -0.2) is 14.2 Å². The number of aromatic amines is 1. The summed E-state index contributed by atoms with van der Waals surface area (Å²) in [6.07, 6.45) is -1.43. The number of amides is 2. The van der Waals surface area contributed by atoms with Crippen LogP contribution in [0.1, 0.15) is 5.56 Å². The molecule has 0 spiro atoms. The number of nitrogens with one attached hydrogen (secondary N) is 2. The Morgan fingerprint density at radius 3 is 2.29 bits per heavy atom. The third-order valence-electron chi connectivity index (χ3n) is 5.88. The Morgan fingerprint density at radius 2 is 1.61 bits per heavy atom. The van der Waals surface area contributed by atoms with Crippen molar-refractivity contribution in [1.82, 2.24) is 9.97 Å². The van der Waals surface area contributed by atoms with E-state index in [1.54, 1.807) is 42.7 Å². The molecule has 3 aromatic carbocycles.